The molecular weight excluding hydrogens is 613 g/mol. The van der Waals surface area contributed by atoms with Gasteiger partial charge in [0.25, 0.3) is 11.8 Å². The summed E-state index contributed by atoms with van der Waals surface area (Å²) < 4.78 is 13.1. The van der Waals surface area contributed by atoms with E-state index in [1.165, 1.54) is 12.1 Å². The molecule has 11 heteroatoms. The predicted molar refractivity (Wildman–Crippen MR) is 177 cm³/mol. The van der Waals surface area contributed by atoms with E-state index in [-0.39, 0.29) is 35.9 Å². The Labute approximate surface area is 276 Å². The summed E-state index contributed by atoms with van der Waals surface area (Å²) in [5.41, 5.74) is 3.80. The van der Waals surface area contributed by atoms with Gasteiger partial charge in [-0.25, -0.2) is 9.18 Å². The van der Waals surface area contributed by atoms with Crippen LogP contribution in [0.25, 0.3) is 0 Å². The predicted octanol–water partition coefficient (Wildman–Crippen LogP) is 5.49. The summed E-state index contributed by atoms with van der Waals surface area (Å²) >= 11 is 0. The van der Waals surface area contributed by atoms with E-state index in [1.807, 2.05) is 18.2 Å². The van der Waals surface area contributed by atoms with Gasteiger partial charge in [0.05, 0.1) is 35.0 Å². The van der Waals surface area contributed by atoms with Crippen molar-refractivity contribution in [3.05, 3.63) is 125 Å². The lowest BCUT2D eigenvalue weighted by Gasteiger charge is -2.31. The van der Waals surface area contributed by atoms with E-state index in [4.69, 9.17) is 0 Å². The molecule has 1 aliphatic carbocycles. The van der Waals surface area contributed by atoms with Crippen LogP contribution in [-0.2, 0) is 22.7 Å². The van der Waals surface area contributed by atoms with Crippen LogP contribution in [0.15, 0.2) is 97.1 Å². The number of carbonyl (C=O) groups excluding carboxylic acids is 5. The van der Waals surface area contributed by atoms with Gasteiger partial charge < -0.3 is 20.4 Å². The minimum absolute atomic E-state index is 0.0941. The van der Waals surface area contributed by atoms with Crippen molar-refractivity contribution in [1.29, 1.82) is 0 Å². The molecule has 0 saturated heterocycles. The Morgan fingerprint density at radius 2 is 1.35 bits per heavy atom. The molecule has 1 saturated carbocycles. The molecule has 0 radical (unpaired) electrons. The number of urea groups is 1. The van der Waals surface area contributed by atoms with Gasteiger partial charge in [-0.3, -0.25) is 24.1 Å². The lowest BCUT2D eigenvalue weighted by Crippen LogP contribution is -2.49. The number of amides is 6. The van der Waals surface area contributed by atoms with Crippen molar-refractivity contribution in [3.8, 4) is 0 Å². The summed E-state index contributed by atoms with van der Waals surface area (Å²) in [4.78, 5) is 71.2. The number of carbonyl (C=O) groups is 5. The molecule has 0 spiro atoms. The molecule has 0 bridgehead atoms. The van der Waals surface area contributed by atoms with Crippen LogP contribution < -0.4 is 20.4 Å². The van der Waals surface area contributed by atoms with Gasteiger partial charge in [0.1, 0.15) is 12.4 Å². The third-order valence-electron chi connectivity index (χ3n) is 9.19. The Morgan fingerprint density at radius 1 is 0.729 bits per heavy atom. The second kappa shape index (κ2) is 12.7. The molecule has 48 heavy (non-hydrogen) atoms. The smallest absolute Gasteiger partial charge is 0.319 e. The lowest BCUT2D eigenvalue weighted by molar-refractivity contribution is -0.123. The second-order valence-electron chi connectivity index (χ2n) is 12.2. The number of hydrogen-bond donors (Lipinski definition) is 2. The van der Waals surface area contributed by atoms with Gasteiger partial charge >= 0.3 is 6.03 Å². The number of nitrogens with zero attached hydrogens (tertiary/aromatic N) is 3. The number of rotatable bonds is 7. The minimum Gasteiger partial charge on any atom is -0.334 e. The van der Waals surface area contributed by atoms with Crippen LogP contribution in [0.5, 0.6) is 0 Å². The summed E-state index contributed by atoms with van der Waals surface area (Å²) in [7, 11) is 0. The Balaban J connectivity index is 1.09. The Hall–Kier alpha value is -5.84. The van der Waals surface area contributed by atoms with Gasteiger partial charge in [0.15, 0.2) is 0 Å². The minimum atomic E-state index is -0.504. The van der Waals surface area contributed by atoms with Crippen molar-refractivity contribution < 1.29 is 28.4 Å². The molecular formula is C37H32FN5O5. The third kappa shape index (κ3) is 5.79. The van der Waals surface area contributed by atoms with Crippen LogP contribution in [0.2, 0.25) is 0 Å². The number of benzene rings is 4. The van der Waals surface area contributed by atoms with E-state index in [0.717, 1.165) is 22.4 Å². The highest BCUT2D eigenvalue weighted by Gasteiger charge is 2.47. The molecule has 2 N–H and O–H groups in total. The highest BCUT2D eigenvalue weighted by atomic mass is 19.1. The molecule has 4 aromatic carbocycles. The zero-order chi connectivity index (χ0) is 33.4. The first kappa shape index (κ1) is 30.8. The maximum Gasteiger partial charge on any atom is 0.319 e. The summed E-state index contributed by atoms with van der Waals surface area (Å²) in [5.74, 6) is -2.32. The molecule has 10 nitrogen and oxygen atoms in total. The van der Waals surface area contributed by atoms with Crippen molar-refractivity contribution >= 4 is 46.7 Å². The monoisotopic (exact) mass is 645 g/mol. The van der Waals surface area contributed by atoms with Crippen LogP contribution in [-0.4, -0.2) is 47.1 Å². The van der Waals surface area contributed by atoms with Crippen LogP contribution in [0, 0.1) is 11.7 Å². The van der Waals surface area contributed by atoms with Gasteiger partial charge in [-0.1, -0.05) is 55.0 Å². The van der Waals surface area contributed by atoms with Crippen LogP contribution in [0.3, 0.4) is 0 Å². The highest BCUT2D eigenvalue weighted by Crippen LogP contribution is 2.43. The first-order chi connectivity index (χ1) is 23.3. The molecule has 3 aliphatic rings. The maximum absolute atomic E-state index is 14.2. The highest BCUT2D eigenvalue weighted by molar-refractivity contribution is 6.23. The van der Waals surface area contributed by atoms with E-state index in [1.54, 1.807) is 76.5 Å². The fraction of sp³-hybridized carbons (Fsp3) is 0.216. The van der Waals surface area contributed by atoms with Crippen molar-refractivity contribution in [1.82, 2.24) is 10.2 Å². The van der Waals surface area contributed by atoms with Crippen molar-refractivity contribution in [2.75, 3.05) is 21.7 Å². The fourth-order valence-corrected chi connectivity index (χ4v) is 6.84. The van der Waals surface area contributed by atoms with Gasteiger partial charge in [0, 0.05) is 18.3 Å². The SMILES string of the molecule is O=C(NCc1ccc(F)cc1)Nc1ccc(CN2C(=O)C3CCCC3N(C(=O)CN3C(=O)c4ccccc4C3=O)c3ccccc32)cc1. The standard InChI is InChI=1S/C37H32FN5O5/c38-25-16-12-23(13-17-25)20-39-37(48)40-26-18-14-24(15-19-26)21-41-31-9-3-4-10-32(31)43(30-11-5-8-29(30)36(41)47)33(44)22-42-34(45)27-6-1-2-7-28(27)35(42)46/h1-4,6-7,9-10,12-19,29-30H,5,8,11,20-22H2,(H2,39,40,48). The number of hydrogen-bond acceptors (Lipinski definition) is 5. The summed E-state index contributed by atoms with van der Waals surface area (Å²) in [6.07, 6.45) is 1.99. The van der Waals surface area contributed by atoms with Crippen molar-refractivity contribution in [3.63, 3.8) is 0 Å². The topological polar surface area (TPSA) is 119 Å². The summed E-state index contributed by atoms with van der Waals surface area (Å²) in [6.45, 7) is 0.0429. The van der Waals surface area contributed by atoms with E-state index in [2.05, 4.69) is 10.6 Å². The molecule has 4 aromatic rings. The number of anilines is 3. The average molecular weight is 646 g/mol. The molecule has 1 fully saturated rings. The number of halogens is 1. The molecule has 6 amide bonds. The van der Waals surface area contributed by atoms with Crippen LogP contribution in [0.4, 0.5) is 26.2 Å². The Bertz CT molecular complexity index is 1890. The van der Waals surface area contributed by atoms with E-state index in [9.17, 15) is 28.4 Å². The zero-order valence-electron chi connectivity index (χ0n) is 25.9. The largest absolute Gasteiger partial charge is 0.334 e. The van der Waals surface area contributed by atoms with Crippen LogP contribution in [0.1, 0.15) is 51.1 Å². The van der Waals surface area contributed by atoms with E-state index >= 15 is 0 Å². The normalized spacial score (nSPS) is 18.3. The quantitative estimate of drug-likeness (QED) is 0.258. The fourth-order valence-electron chi connectivity index (χ4n) is 6.84. The Kier molecular flexibility index (Phi) is 8.18. The van der Waals surface area contributed by atoms with Gasteiger partial charge in [-0.15, -0.1) is 0 Å². The van der Waals surface area contributed by atoms with Gasteiger partial charge in [-0.05, 0) is 72.5 Å². The van der Waals surface area contributed by atoms with Crippen molar-refractivity contribution in [2.45, 2.75) is 38.4 Å². The maximum atomic E-state index is 14.2. The summed E-state index contributed by atoms with van der Waals surface area (Å²) in [6, 6.07) is 25.9. The van der Waals surface area contributed by atoms with Gasteiger partial charge in [-0.2, -0.15) is 0 Å². The third-order valence-corrected chi connectivity index (χ3v) is 9.19. The molecule has 2 unspecified atom stereocenters. The second-order valence-corrected chi connectivity index (χ2v) is 12.2. The number of para-hydroxylation sites is 2. The molecule has 2 heterocycles. The average Bonchev–Trinajstić information content (AvgIpc) is 3.65. The van der Waals surface area contributed by atoms with Gasteiger partial charge in [0.2, 0.25) is 11.8 Å². The summed E-state index contributed by atoms with van der Waals surface area (Å²) in [5, 5.41) is 5.52. The lowest BCUT2D eigenvalue weighted by atomic mass is 10.0. The molecule has 242 valence electrons. The van der Waals surface area contributed by atoms with Crippen LogP contribution >= 0.6 is 0 Å². The first-order valence-corrected chi connectivity index (χ1v) is 15.8. The number of nitrogens with one attached hydrogen (secondary N) is 2. The molecule has 7 rings (SSSR count). The molecule has 2 aliphatic heterocycles. The Morgan fingerprint density at radius 3 is 2.04 bits per heavy atom. The van der Waals surface area contributed by atoms with E-state index < -0.39 is 42.3 Å². The molecule has 0 aromatic heterocycles. The first-order valence-electron chi connectivity index (χ1n) is 15.8. The van der Waals surface area contributed by atoms with Crippen molar-refractivity contribution in [2.24, 2.45) is 5.92 Å². The molecule has 2 atom stereocenters. The number of imide groups is 1. The zero-order valence-corrected chi connectivity index (χ0v) is 25.9. The number of fused-ring (bicyclic) bond motifs is 3. The van der Waals surface area contributed by atoms with E-state index in [0.29, 0.717) is 29.9 Å².